The molecule has 26 heavy (non-hydrogen) atoms. The van der Waals surface area contributed by atoms with Crippen molar-refractivity contribution in [3.63, 3.8) is 0 Å². The van der Waals surface area contributed by atoms with Gasteiger partial charge in [-0.05, 0) is 42.0 Å². The van der Waals surface area contributed by atoms with Crippen molar-refractivity contribution < 1.29 is 9.21 Å². The van der Waals surface area contributed by atoms with Crippen LogP contribution in [0.1, 0.15) is 21.8 Å². The monoisotopic (exact) mass is 362 g/mol. The summed E-state index contributed by atoms with van der Waals surface area (Å²) < 4.78 is 5.79. The van der Waals surface area contributed by atoms with Gasteiger partial charge >= 0.3 is 0 Å². The second kappa shape index (κ2) is 7.02. The second-order valence-corrected chi connectivity index (χ2v) is 6.35. The Morgan fingerprint density at radius 2 is 1.85 bits per heavy atom. The molecule has 1 amide bonds. The molecule has 0 aliphatic carbocycles. The van der Waals surface area contributed by atoms with Crippen molar-refractivity contribution in [2.45, 2.75) is 6.42 Å². The molecule has 128 valence electrons. The van der Waals surface area contributed by atoms with Crippen molar-refractivity contribution in [2.24, 2.45) is 0 Å². The number of fused-ring (bicyclic) bond motifs is 1. The van der Waals surface area contributed by atoms with Gasteiger partial charge in [-0.2, -0.15) is 0 Å². The molecule has 0 fully saturated rings. The molecular formula is C21H15ClN2O2. The van der Waals surface area contributed by atoms with Crippen LogP contribution in [0.15, 0.2) is 77.2 Å². The highest BCUT2D eigenvalue weighted by atomic mass is 35.5. The molecule has 1 heterocycles. The van der Waals surface area contributed by atoms with E-state index in [0.29, 0.717) is 39.7 Å². The predicted molar refractivity (Wildman–Crippen MR) is 103 cm³/mol. The van der Waals surface area contributed by atoms with Crippen LogP contribution < -0.4 is 5.32 Å². The van der Waals surface area contributed by atoms with Crippen LogP contribution in [0, 0.1) is 0 Å². The first-order chi connectivity index (χ1) is 12.7. The fourth-order valence-electron chi connectivity index (χ4n) is 2.73. The first-order valence-corrected chi connectivity index (χ1v) is 8.55. The lowest BCUT2D eigenvalue weighted by Gasteiger charge is -2.05. The molecule has 0 aliphatic rings. The number of carbonyl (C=O) groups is 1. The van der Waals surface area contributed by atoms with Crippen molar-refractivity contribution in [3.8, 4) is 0 Å². The molecule has 4 nitrogen and oxygen atoms in total. The Hall–Kier alpha value is -3.11. The van der Waals surface area contributed by atoms with Gasteiger partial charge in [-0.15, -0.1) is 0 Å². The van der Waals surface area contributed by atoms with Gasteiger partial charge in [-0.25, -0.2) is 4.98 Å². The van der Waals surface area contributed by atoms with Gasteiger partial charge in [0.1, 0.15) is 5.52 Å². The lowest BCUT2D eigenvalue weighted by Crippen LogP contribution is -2.11. The zero-order chi connectivity index (χ0) is 17.9. The van der Waals surface area contributed by atoms with Gasteiger partial charge in [0.15, 0.2) is 11.5 Å². The summed E-state index contributed by atoms with van der Waals surface area (Å²) in [7, 11) is 0. The molecule has 0 radical (unpaired) electrons. The summed E-state index contributed by atoms with van der Waals surface area (Å²) in [6.07, 6.45) is 0.625. The summed E-state index contributed by atoms with van der Waals surface area (Å²) in [5, 5.41) is 3.38. The Morgan fingerprint density at radius 1 is 1.00 bits per heavy atom. The number of aromatic nitrogens is 1. The van der Waals surface area contributed by atoms with Gasteiger partial charge in [0, 0.05) is 22.7 Å². The van der Waals surface area contributed by atoms with E-state index in [2.05, 4.69) is 10.3 Å². The van der Waals surface area contributed by atoms with Crippen LogP contribution >= 0.6 is 11.6 Å². The normalized spacial score (nSPS) is 10.8. The summed E-state index contributed by atoms with van der Waals surface area (Å²) >= 11 is 5.94. The Labute approximate surface area is 155 Å². The van der Waals surface area contributed by atoms with Crippen molar-refractivity contribution in [1.29, 1.82) is 0 Å². The number of carbonyl (C=O) groups excluding carboxylic acids is 1. The average molecular weight is 363 g/mol. The number of hydrogen-bond acceptors (Lipinski definition) is 3. The number of nitrogens with zero attached hydrogens (tertiary/aromatic N) is 1. The van der Waals surface area contributed by atoms with Crippen LogP contribution in [-0.2, 0) is 6.42 Å². The Balaban J connectivity index is 1.55. The lowest BCUT2D eigenvalue weighted by molar-refractivity contribution is 0.102. The van der Waals surface area contributed by atoms with Crippen molar-refractivity contribution in [3.05, 3.63) is 94.8 Å². The number of anilines is 1. The summed E-state index contributed by atoms with van der Waals surface area (Å²) in [4.78, 5) is 16.9. The van der Waals surface area contributed by atoms with Gasteiger partial charge in [0.2, 0.25) is 0 Å². The summed E-state index contributed by atoms with van der Waals surface area (Å²) in [6, 6.07) is 22.2. The molecule has 5 heteroatoms. The van der Waals surface area contributed by atoms with Gasteiger partial charge in [0.25, 0.3) is 5.91 Å². The first-order valence-electron chi connectivity index (χ1n) is 8.18. The van der Waals surface area contributed by atoms with Crippen LogP contribution in [0.2, 0.25) is 5.02 Å². The highest BCUT2D eigenvalue weighted by molar-refractivity contribution is 6.31. The minimum Gasteiger partial charge on any atom is -0.440 e. The Morgan fingerprint density at radius 3 is 2.65 bits per heavy atom. The highest BCUT2D eigenvalue weighted by Crippen LogP contribution is 2.22. The van der Waals surface area contributed by atoms with E-state index in [1.54, 1.807) is 36.4 Å². The number of benzene rings is 3. The lowest BCUT2D eigenvalue weighted by atomic mass is 10.1. The third kappa shape index (κ3) is 3.60. The molecular weight excluding hydrogens is 348 g/mol. The molecule has 0 bridgehead atoms. The number of hydrogen-bond donors (Lipinski definition) is 1. The van der Waals surface area contributed by atoms with E-state index in [1.165, 1.54) is 0 Å². The molecule has 0 unspecified atom stereocenters. The standard InChI is InChI=1S/C21H15ClN2O2/c22-16-8-4-7-15(12-16)21(25)23-17-9-10-19-18(13-17)24-20(26-19)11-14-5-2-1-3-6-14/h1-10,12-13H,11H2,(H,23,25). The van der Waals surface area contributed by atoms with E-state index in [1.807, 2.05) is 36.4 Å². The van der Waals surface area contributed by atoms with E-state index < -0.39 is 0 Å². The topological polar surface area (TPSA) is 55.1 Å². The zero-order valence-electron chi connectivity index (χ0n) is 13.8. The molecule has 0 saturated carbocycles. The van der Waals surface area contributed by atoms with E-state index in [0.717, 1.165) is 5.56 Å². The third-order valence-electron chi connectivity index (χ3n) is 3.97. The number of oxazole rings is 1. The molecule has 0 aliphatic heterocycles. The van der Waals surface area contributed by atoms with E-state index in [-0.39, 0.29) is 5.91 Å². The fourth-order valence-corrected chi connectivity index (χ4v) is 2.92. The molecule has 4 rings (SSSR count). The zero-order valence-corrected chi connectivity index (χ0v) is 14.5. The smallest absolute Gasteiger partial charge is 0.255 e. The minimum atomic E-state index is -0.222. The number of rotatable bonds is 4. The maximum atomic E-state index is 12.3. The van der Waals surface area contributed by atoms with Gasteiger partial charge in [-0.1, -0.05) is 48.0 Å². The van der Waals surface area contributed by atoms with Crippen LogP contribution in [0.25, 0.3) is 11.1 Å². The first kappa shape index (κ1) is 16.4. The fraction of sp³-hybridized carbons (Fsp3) is 0.0476. The largest absolute Gasteiger partial charge is 0.440 e. The number of nitrogens with one attached hydrogen (secondary N) is 1. The maximum Gasteiger partial charge on any atom is 0.255 e. The Kier molecular flexibility index (Phi) is 4.42. The van der Waals surface area contributed by atoms with Crippen LogP contribution in [0.5, 0.6) is 0 Å². The van der Waals surface area contributed by atoms with Crippen LogP contribution in [0.3, 0.4) is 0 Å². The predicted octanol–water partition coefficient (Wildman–Crippen LogP) is 5.32. The maximum absolute atomic E-state index is 12.3. The third-order valence-corrected chi connectivity index (χ3v) is 4.21. The molecule has 3 aromatic carbocycles. The van der Waals surface area contributed by atoms with Crippen LogP contribution in [-0.4, -0.2) is 10.9 Å². The SMILES string of the molecule is O=C(Nc1ccc2oc(Cc3ccccc3)nc2c1)c1cccc(Cl)c1. The van der Waals surface area contributed by atoms with Gasteiger partial charge < -0.3 is 9.73 Å². The van der Waals surface area contributed by atoms with Crippen molar-refractivity contribution >= 4 is 34.3 Å². The summed E-state index contributed by atoms with van der Waals surface area (Å²) in [6.45, 7) is 0. The van der Waals surface area contributed by atoms with Gasteiger partial charge in [0.05, 0.1) is 0 Å². The van der Waals surface area contributed by atoms with E-state index in [4.69, 9.17) is 16.0 Å². The van der Waals surface area contributed by atoms with Crippen LogP contribution in [0.4, 0.5) is 5.69 Å². The summed E-state index contributed by atoms with van der Waals surface area (Å²) in [5.74, 6) is 0.421. The average Bonchev–Trinajstić information content (AvgIpc) is 3.04. The van der Waals surface area contributed by atoms with Gasteiger partial charge in [-0.3, -0.25) is 4.79 Å². The molecule has 0 saturated heterocycles. The van der Waals surface area contributed by atoms with E-state index in [9.17, 15) is 4.79 Å². The summed E-state index contributed by atoms with van der Waals surface area (Å²) in [5.41, 5.74) is 3.69. The molecule has 4 aromatic rings. The number of halogens is 1. The molecule has 0 spiro atoms. The van der Waals surface area contributed by atoms with E-state index >= 15 is 0 Å². The quantitative estimate of drug-likeness (QED) is 0.534. The van der Waals surface area contributed by atoms with Crippen molar-refractivity contribution in [1.82, 2.24) is 4.98 Å². The van der Waals surface area contributed by atoms with Crippen molar-refractivity contribution in [2.75, 3.05) is 5.32 Å². The second-order valence-electron chi connectivity index (χ2n) is 5.92. The molecule has 1 aromatic heterocycles. The molecule has 1 N–H and O–H groups in total. The number of amides is 1. The Bertz CT molecular complexity index is 1070. The molecule has 0 atom stereocenters. The highest BCUT2D eigenvalue weighted by Gasteiger charge is 2.10. The minimum absolute atomic E-state index is 0.222.